The zero-order valence-corrected chi connectivity index (χ0v) is 9.91. The molecule has 2 nitrogen and oxygen atoms in total. The lowest BCUT2D eigenvalue weighted by atomic mass is 9.97. The molecule has 0 aliphatic rings. The molecule has 16 heavy (non-hydrogen) atoms. The van der Waals surface area contributed by atoms with Crippen LogP contribution in [0.5, 0.6) is 0 Å². The molecule has 0 atom stereocenters. The summed E-state index contributed by atoms with van der Waals surface area (Å²) in [5, 5.41) is 0. The smallest absolute Gasteiger partial charge is 0.131 e. The van der Waals surface area contributed by atoms with Crippen molar-refractivity contribution in [3.8, 4) is 11.1 Å². The number of pyridine rings is 1. The fraction of sp³-hybridized carbons (Fsp3) is 0.214. The first kappa shape index (κ1) is 10.7. The predicted octanol–water partition coefficient (Wildman–Crippen LogP) is 3.26. The van der Waals surface area contributed by atoms with Crippen molar-refractivity contribution in [2.24, 2.45) is 0 Å². The van der Waals surface area contributed by atoms with E-state index in [0.717, 1.165) is 11.3 Å². The van der Waals surface area contributed by atoms with E-state index in [1.807, 2.05) is 19.1 Å². The molecule has 0 fully saturated rings. The van der Waals surface area contributed by atoms with Gasteiger partial charge in [-0.2, -0.15) is 0 Å². The van der Waals surface area contributed by atoms with E-state index in [2.05, 4.69) is 37.0 Å². The van der Waals surface area contributed by atoms with Crippen LogP contribution in [0.2, 0.25) is 0 Å². The highest BCUT2D eigenvalue weighted by Crippen LogP contribution is 2.28. The van der Waals surface area contributed by atoms with Crippen LogP contribution >= 0.6 is 0 Å². The SMILES string of the molecule is Cc1ccc(-c2cccc(C)c2C)c(N)n1. The Labute approximate surface area is 96.1 Å². The molecule has 0 saturated heterocycles. The number of benzene rings is 1. The zero-order valence-electron chi connectivity index (χ0n) is 9.91. The van der Waals surface area contributed by atoms with Gasteiger partial charge in [0.15, 0.2) is 0 Å². The van der Waals surface area contributed by atoms with Crippen LogP contribution in [0, 0.1) is 20.8 Å². The fourth-order valence-corrected chi connectivity index (χ4v) is 1.85. The lowest BCUT2D eigenvalue weighted by Gasteiger charge is -2.10. The number of hydrogen-bond acceptors (Lipinski definition) is 2. The predicted molar refractivity (Wildman–Crippen MR) is 68.3 cm³/mol. The van der Waals surface area contributed by atoms with Crippen molar-refractivity contribution in [2.45, 2.75) is 20.8 Å². The molecule has 0 radical (unpaired) electrons. The van der Waals surface area contributed by atoms with Crippen molar-refractivity contribution in [2.75, 3.05) is 5.73 Å². The molecule has 1 aromatic heterocycles. The van der Waals surface area contributed by atoms with Crippen molar-refractivity contribution in [3.63, 3.8) is 0 Å². The Balaban J connectivity index is 2.63. The third-order valence-corrected chi connectivity index (χ3v) is 2.96. The van der Waals surface area contributed by atoms with Gasteiger partial charge in [-0.05, 0) is 49.6 Å². The van der Waals surface area contributed by atoms with Gasteiger partial charge in [-0.25, -0.2) is 4.98 Å². The Kier molecular flexibility index (Phi) is 2.65. The first-order valence-electron chi connectivity index (χ1n) is 5.39. The highest BCUT2D eigenvalue weighted by Gasteiger charge is 2.07. The van der Waals surface area contributed by atoms with Crippen LogP contribution in [0.1, 0.15) is 16.8 Å². The average Bonchev–Trinajstić information content (AvgIpc) is 2.23. The molecule has 0 saturated carbocycles. The monoisotopic (exact) mass is 212 g/mol. The van der Waals surface area contributed by atoms with Gasteiger partial charge in [-0.1, -0.05) is 18.2 Å². The number of rotatable bonds is 1. The van der Waals surface area contributed by atoms with Crippen LogP contribution in [0.4, 0.5) is 5.82 Å². The van der Waals surface area contributed by atoms with Gasteiger partial charge in [0.1, 0.15) is 5.82 Å². The Morgan fingerprint density at radius 1 is 0.938 bits per heavy atom. The van der Waals surface area contributed by atoms with Crippen molar-refractivity contribution in [1.82, 2.24) is 4.98 Å². The van der Waals surface area contributed by atoms with Crippen LogP contribution < -0.4 is 5.73 Å². The third kappa shape index (κ3) is 1.78. The van der Waals surface area contributed by atoms with Crippen molar-refractivity contribution in [1.29, 1.82) is 0 Å². The Hall–Kier alpha value is -1.83. The van der Waals surface area contributed by atoms with Crippen LogP contribution in [-0.2, 0) is 0 Å². The molecule has 2 heteroatoms. The summed E-state index contributed by atoms with van der Waals surface area (Å²) in [4.78, 5) is 4.30. The van der Waals surface area contributed by atoms with E-state index < -0.39 is 0 Å². The van der Waals surface area contributed by atoms with Gasteiger partial charge in [-0.3, -0.25) is 0 Å². The van der Waals surface area contributed by atoms with Gasteiger partial charge in [0.2, 0.25) is 0 Å². The molecule has 0 spiro atoms. The van der Waals surface area contributed by atoms with Crippen molar-refractivity contribution >= 4 is 5.82 Å². The molecule has 1 aromatic carbocycles. The van der Waals surface area contributed by atoms with E-state index in [1.165, 1.54) is 16.7 Å². The summed E-state index contributed by atoms with van der Waals surface area (Å²) in [6, 6.07) is 10.3. The van der Waals surface area contributed by atoms with Crippen LogP contribution in [0.15, 0.2) is 30.3 Å². The first-order chi connectivity index (χ1) is 7.59. The van der Waals surface area contributed by atoms with E-state index in [4.69, 9.17) is 5.73 Å². The van der Waals surface area contributed by atoms with Gasteiger partial charge in [0.05, 0.1) is 0 Å². The minimum atomic E-state index is 0.605. The normalized spacial score (nSPS) is 10.4. The molecule has 2 rings (SSSR count). The third-order valence-electron chi connectivity index (χ3n) is 2.96. The highest BCUT2D eigenvalue weighted by atomic mass is 14.8. The number of aryl methyl sites for hydroxylation is 2. The van der Waals surface area contributed by atoms with Gasteiger partial charge in [-0.15, -0.1) is 0 Å². The minimum absolute atomic E-state index is 0.605. The standard InChI is InChI=1S/C14H16N2/c1-9-5-4-6-12(11(9)3)13-8-7-10(2)16-14(13)15/h4-8H,1-3H3,(H2,15,16). The van der Waals surface area contributed by atoms with E-state index in [0.29, 0.717) is 5.82 Å². The Morgan fingerprint density at radius 3 is 2.38 bits per heavy atom. The second kappa shape index (κ2) is 3.97. The first-order valence-corrected chi connectivity index (χ1v) is 5.39. The van der Waals surface area contributed by atoms with E-state index in [1.54, 1.807) is 0 Å². The number of anilines is 1. The molecule has 2 N–H and O–H groups in total. The molecule has 82 valence electrons. The van der Waals surface area contributed by atoms with E-state index >= 15 is 0 Å². The number of aromatic nitrogens is 1. The lowest BCUT2D eigenvalue weighted by Crippen LogP contribution is -1.97. The number of nitrogens with zero attached hydrogens (tertiary/aromatic N) is 1. The molecule has 1 heterocycles. The summed E-state index contributed by atoms with van der Waals surface area (Å²) in [5.74, 6) is 0.605. The Bertz CT molecular complexity index is 530. The quantitative estimate of drug-likeness (QED) is 0.788. The maximum absolute atomic E-state index is 5.96. The molecule has 2 aromatic rings. The maximum atomic E-state index is 5.96. The molecular formula is C14H16N2. The number of nitrogens with two attached hydrogens (primary N) is 1. The van der Waals surface area contributed by atoms with Crippen LogP contribution in [0.25, 0.3) is 11.1 Å². The molecule has 0 aliphatic carbocycles. The summed E-state index contributed by atoms with van der Waals surface area (Å²) in [6.45, 7) is 6.17. The van der Waals surface area contributed by atoms with Gasteiger partial charge >= 0.3 is 0 Å². The minimum Gasteiger partial charge on any atom is -0.383 e. The molecular weight excluding hydrogens is 196 g/mol. The molecule has 0 bridgehead atoms. The summed E-state index contributed by atoms with van der Waals surface area (Å²) < 4.78 is 0. The average molecular weight is 212 g/mol. The Morgan fingerprint density at radius 2 is 1.69 bits per heavy atom. The highest BCUT2D eigenvalue weighted by molar-refractivity contribution is 5.76. The summed E-state index contributed by atoms with van der Waals surface area (Å²) >= 11 is 0. The van der Waals surface area contributed by atoms with Crippen LogP contribution in [0.3, 0.4) is 0 Å². The van der Waals surface area contributed by atoms with Gasteiger partial charge < -0.3 is 5.73 Å². The van der Waals surface area contributed by atoms with Crippen molar-refractivity contribution < 1.29 is 0 Å². The lowest BCUT2D eigenvalue weighted by molar-refractivity contribution is 1.21. The topological polar surface area (TPSA) is 38.9 Å². The second-order valence-electron chi connectivity index (χ2n) is 4.13. The van der Waals surface area contributed by atoms with Gasteiger partial charge in [0.25, 0.3) is 0 Å². The maximum Gasteiger partial charge on any atom is 0.131 e. The fourth-order valence-electron chi connectivity index (χ4n) is 1.85. The molecule has 0 aliphatic heterocycles. The van der Waals surface area contributed by atoms with E-state index in [9.17, 15) is 0 Å². The van der Waals surface area contributed by atoms with Gasteiger partial charge in [0, 0.05) is 11.3 Å². The number of hydrogen-bond donors (Lipinski definition) is 1. The molecule has 0 unspecified atom stereocenters. The largest absolute Gasteiger partial charge is 0.383 e. The van der Waals surface area contributed by atoms with Crippen LogP contribution in [-0.4, -0.2) is 4.98 Å². The second-order valence-corrected chi connectivity index (χ2v) is 4.13. The zero-order chi connectivity index (χ0) is 11.7. The van der Waals surface area contributed by atoms with E-state index in [-0.39, 0.29) is 0 Å². The molecule has 0 amide bonds. The summed E-state index contributed by atoms with van der Waals surface area (Å²) in [6.07, 6.45) is 0. The number of nitrogen functional groups attached to an aromatic ring is 1. The van der Waals surface area contributed by atoms with Crippen molar-refractivity contribution in [3.05, 3.63) is 47.2 Å². The summed E-state index contributed by atoms with van der Waals surface area (Å²) in [5.41, 5.74) is 11.6. The summed E-state index contributed by atoms with van der Waals surface area (Å²) in [7, 11) is 0.